The van der Waals surface area contributed by atoms with Crippen LogP contribution < -0.4 is 0 Å². The lowest BCUT2D eigenvalue weighted by Gasteiger charge is -2.05. The van der Waals surface area contributed by atoms with Crippen molar-refractivity contribution >= 4 is 43.3 Å². The molecule has 1 rings (SSSR count). The number of hydrogen-bond acceptors (Lipinski definition) is 3. The van der Waals surface area contributed by atoms with Crippen molar-refractivity contribution < 1.29 is 9.72 Å². The zero-order valence-corrected chi connectivity index (χ0v) is 10.9. The van der Waals surface area contributed by atoms with Crippen molar-refractivity contribution in [1.29, 1.82) is 0 Å². The lowest BCUT2D eigenvalue weighted by molar-refractivity contribution is -0.385. The van der Waals surface area contributed by atoms with Crippen LogP contribution in [0.3, 0.4) is 0 Å². The van der Waals surface area contributed by atoms with E-state index in [-0.39, 0.29) is 17.0 Å². The number of carbonyl (C=O) groups excluding carboxylic acids is 1. The van der Waals surface area contributed by atoms with Crippen molar-refractivity contribution in [2.45, 2.75) is 11.8 Å². The van der Waals surface area contributed by atoms with Crippen LogP contribution in [0.5, 0.6) is 0 Å². The van der Waals surface area contributed by atoms with Crippen molar-refractivity contribution in [2.24, 2.45) is 0 Å². The molecule has 0 saturated carbocycles. The molecule has 0 saturated heterocycles. The molecule has 0 aliphatic rings. The molecule has 1 aromatic rings. The number of benzene rings is 1. The number of rotatable bonds is 3. The summed E-state index contributed by atoms with van der Waals surface area (Å²) in [5, 5.41) is 10.7. The fourth-order valence-corrected chi connectivity index (χ4v) is 1.89. The van der Waals surface area contributed by atoms with Gasteiger partial charge >= 0.3 is 0 Å². The number of hydrogen-bond donors (Lipinski definition) is 0. The molecule has 0 aromatic heterocycles. The van der Waals surface area contributed by atoms with Crippen molar-refractivity contribution in [3.63, 3.8) is 0 Å². The number of alkyl halides is 1. The molecule has 1 unspecified atom stereocenters. The molecule has 1 aromatic carbocycles. The quantitative estimate of drug-likeness (QED) is 0.368. The number of halogens is 2. The number of nitro benzene ring substituents is 1. The van der Waals surface area contributed by atoms with Crippen molar-refractivity contribution in [1.82, 2.24) is 0 Å². The summed E-state index contributed by atoms with van der Waals surface area (Å²) < 4.78 is 0.438. The molecule has 0 heterocycles. The first kappa shape index (κ1) is 12.3. The molecular formula is C9H7Br2NO3. The standard InChI is InChI=1S/C9H7Br2NO3/c1-5(10)9(13)8-6(11)3-2-4-7(8)12(14)15/h2-5H,1H3. The summed E-state index contributed by atoms with van der Waals surface area (Å²) in [4.78, 5) is 21.4. The van der Waals surface area contributed by atoms with Crippen molar-refractivity contribution in [3.8, 4) is 0 Å². The maximum atomic E-state index is 11.7. The molecule has 80 valence electrons. The minimum Gasteiger partial charge on any atom is -0.293 e. The molecule has 6 heteroatoms. The normalized spacial score (nSPS) is 12.2. The molecule has 0 aliphatic carbocycles. The third-order valence-electron chi connectivity index (χ3n) is 1.80. The Bertz CT molecular complexity index is 418. The lowest BCUT2D eigenvalue weighted by atomic mass is 10.1. The highest BCUT2D eigenvalue weighted by atomic mass is 79.9. The highest BCUT2D eigenvalue weighted by molar-refractivity contribution is 9.10. The Labute approximate surface area is 103 Å². The fraction of sp³-hybridized carbons (Fsp3) is 0.222. The fourth-order valence-electron chi connectivity index (χ4n) is 1.11. The van der Waals surface area contributed by atoms with E-state index in [4.69, 9.17) is 0 Å². The van der Waals surface area contributed by atoms with Gasteiger partial charge in [0, 0.05) is 10.5 Å². The summed E-state index contributed by atoms with van der Waals surface area (Å²) in [6, 6.07) is 4.45. The summed E-state index contributed by atoms with van der Waals surface area (Å²) >= 11 is 6.24. The van der Waals surface area contributed by atoms with E-state index in [0.29, 0.717) is 4.47 Å². The van der Waals surface area contributed by atoms with Gasteiger partial charge in [0.2, 0.25) is 0 Å². The summed E-state index contributed by atoms with van der Waals surface area (Å²) in [5.74, 6) is -0.311. The lowest BCUT2D eigenvalue weighted by Crippen LogP contribution is -2.13. The van der Waals surface area contributed by atoms with Gasteiger partial charge in [-0.15, -0.1) is 0 Å². The highest BCUT2D eigenvalue weighted by Gasteiger charge is 2.25. The second-order valence-electron chi connectivity index (χ2n) is 2.87. The number of carbonyl (C=O) groups is 1. The summed E-state index contributed by atoms with van der Waals surface area (Å²) in [7, 11) is 0. The second-order valence-corrected chi connectivity index (χ2v) is 5.10. The predicted molar refractivity (Wildman–Crippen MR) is 63.5 cm³/mol. The van der Waals surface area contributed by atoms with Gasteiger partial charge in [-0.05, 0) is 28.9 Å². The van der Waals surface area contributed by atoms with Gasteiger partial charge in [0.05, 0.1) is 9.75 Å². The van der Waals surface area contributed by atoms with Gasteiger partial charge in [-0.2, -0.15) is 0 Å². The third kappa shape index (κ3) is 2.63. The molecule has 4 nitrogen and oxygen atoms in total. The van der Waals surface area contributed by atoms with Crippen LogP contribution in [0.15, 0.2) is 22.7 Å². The summed E-state index contributed by atoms with van der Waals surface area (Å²) in [6.07, 6.45) is 0. The van der Waals surface area contributed by atoms with Gasteiger partial charge < -0.3 is 0 Å². The van der Waals surface area contributed by atoms with E-state index >= 15 is 0 Å². The molecule has 0 spiro atoms. The van der Waals surface area contributed by atoms with Gasteiger partial charge in [0.25, 0.3) is 5.69 Å². The minimum absolute atomic E-state index is 0.104. The Kier molecular flexibility index (Phi) is 3.98. The Morgan fingerprint density at radius 1 is 1.53 bits per heavy atom. The van der Waals surface area contributed by atoms with Gasteiger partial charge in [-0.1, -0.05) is 22.0 Å². The van der Waals surface area contributed by atoms with E-state index in [0.717, 1.165) is 0 Å². The van der Waals surface area contributed by atoms with Crippen LogP contribution in [0, 0.1) is 10.1 Å². The molecule has 0 radical (unpaired) electrons. The number of nitro groups is 1. The first-order chi connectivity index (χ1) is 6.95. The SMILES string of the molecule is CC(Br)C(=O)c1c(Br)cccc1[N+](=O)[O-]. The molecule has 15 heavy (non-hydrogen) atoms. The first-order valence-corrected chi connectivity index (χ1v) is 5.77. The predicted octanol–water partition coefficient (Wildman–Crippen LogP) is 3.32. The summed E-state index contributed by atoms with van der Waals surface area (Å²) in [5.41, 5.74) is -0.0763. The Hall–Kier alpha value is -0.750. The van der Waals surface area contributed by atoms with Crippen LogP contribution in [0.2, 0.25) is 0 Å². The largest absolute Gasteiger partial charge is 0.293 e. The first-order valence-electron chi connectivity index (χ1n) is 4.06. The number of ketones is 1. The Morgan fingerprint density at radius 2 is 2.13 bits per heavy atom. The van der Waals surface area contributed by atoms with E-state index in [2.05, 4.69) is 31.9 Å². The molecule has 0 fully saturated rings. The van der Waals surface area contributed by atoms with Crippen LogP contribution in [0.25, 0.3) is 0 Å². The molecule has 0 aliphatic heterocycles. The number of nitrogens with zero attached hydrogens (tertiary/aromatic N) is 1. The monoisotopic (exact) mass is 335 g/mol. The highest BCUT2D eigenvalue weighted by Crippen LogP contribution is 2.28. The van der Waals surface area contributed by atoms with Crippen LogP contribution in [0.4, 0.5) is 5.69 Å². The second kappa shape index (κ2) is 4.85. The Morgan fingerprint density at radius 3 is 2.60 bits per heavy atom. The molecule has 1 atom stereocenters. The zero-order valence-electron chi connectivity index (χ0n) is 7.74. The van der Waals surface area contributed by atoms with Gasteiger partial charge in [-0.3, -0.25) is 14.9 Å². The van der Waals surface area contributed by atoms with Gasteiger partial charge in [0.15, 0.2) is 5.78 Å². The van der Waals surface area contributed by atoms with E-state index in [1.807, 2.05) is 0 Å². The van der Waals surface area contributed by atoms with Gasteiger partial charge in [0.1, 0.15) is 5.56 Å². The topological polar surface area (TPSA) is 60.2 Å². The van der Waals surface area contributed by atoms with E-state index < -0.39 is 9.75 Å². The van der Waals surface area contributed by atoms with E-state index in [1.165, 1.54) is 12.1 Å². The van der Waals surface area contributed by atoms with Crippen LogP contribution in [-0.4, -0.2) is 15.5 Å². The third-order valence-corrected chi connectivity index (χ3v) is 2.87. The van der Waals surface area contributed by atoms with Crippen LogP contribution in [0.1, 0.15) is 17.3 Å². The van der Waals surface area contributed by atoms with Crippen molar-refractivity contribution in [2.75, 3.05) is 0 Å². The molecular weight excluding hydrogens is 330 g/mol. The van der Waals surface area contributed by atoms with Crippen molar-refractivity contribution in [3.05, 3.63) is 38.3 Å². The maximum absolute atomic E-state index is 11.7. The van der Waals surface area contributed by atoms with E-state index in [9.17, 15) is 14.9 Å². The molecule has 0 bridgehead atoms. The zero-order chi connectivity index (χ0) is 11.6. The average Bonchev–Trinajstić information content (AvgIpc) is 2.16. The minimum atomic E-state index is -0.562. The molecule has 0 amide bonds. The van der Waals surface area contributed by atoms with Crippen LogP contribution >= 0.6 is 31.9 Å². The average molecular weight is 337 g/mol. The smallest absolute Gasteiger partial charge is 0.281 e. The number of Topliss-reactive ketones (excluding diaryl/α,β-unsaturated/α-hetero) is 1. The van der Waals surface area contributed by atoms with Gasteiger partial charge in [-0.25, -0.2) is 0 Å². The van der Waals surface area contributed by atoms with Crippen LogP contribution in [-0.2, 0) is 0 Å². The Balaban J connectivity index is 3.37. The van der Waals surface area contributed by atoms with E-state index in [1.54, 1.807) is 13.0 Å². The summed E-state index contributed by atoms with van der Waals surface area (Å²) in [6.45, 7) is 1.63. The maximum Gasteiger partial charge on any atom is 0.281 e. The molecule has 0 N–H and O–H groups in total.